The van der Waals surface area contributed by atoms with Gasteiger partial charge in [-0.15, -0.1) is 0 Å². The van der Waals surface area contributed by atoms with Crippen molar-refractivity contribution >= 4 is 24.8 Å². The number of rotatable bonds is 7. The van der Waals surface area contributed by atoms with Crippen LogP contribution in [0.4, 0.5) is 5.82 Å². The summed E-state index contributed by atoms with van der Waals surface area (Å²) in [5, 5.41) is 8.15. The van der Waals surface area contributed by atoms with Gasteiger partial charge in [0.1, 0.15) is 13.7 Å². The fourth-order valence-electron chi connectivity index (χ4n) is 5.58. The molecule has 0 atom stereocenters. The van der Waals surface area contributed by atoms with Gasteiger partial charge in [-0.1, -0.05) is 60.7 Å². The quantitative estimate of drug-likeness (QED) is 0.323. The van der Waals surface area contributed by atoms with Crippen LogP contribution in [0.2, 0.25) is 0 Å². The van der Waals surface area contributed by atoms with Crippen LogP contribution in [0, 0.1) is 5.92 Å². The average Bonchev–Trinajstić information content (AvgIpc) is 3.34. The van der Waals surface area contributed by atoms with Gasteiger partial charge in [-0.3, -0.25) is 4.98 Å². The van der Waals surface area contributed by atoms with E-state index in [1.165, 1.54) is 48.1 Å². The Bertz CT molecular complexity index is 1460. The molecule has 0 aliphatic heterocycles. The predicted molar refractivity (Wildman–Crippen MR) is 153 cm³/mol. The molecule has 0 amide bonds. The van der Waals surface area contributed by atoms with Crippen molar-refractivity contribution in [3.63, 3.8) is 0 Å². The Labute approximate surface area is 219 Å². The van der Waals surface area contributed by atoms with Gasteiger partial charge in [-0.2, -0.15) is 9.61 Å². The molecule has 0 saturated heterocycles. The maximum atomic E-state index is 5.07. The number of aromatic nitrogens is 4. The monoisotopic (exact) mass is 485 g/mol. The van der Waals surface area contributed by atoms with Gasteiger partial charge in [0, 0.05) is 42.8 Å². The SMILES string of the molecule is Bc1cnn2c(NCc3cccnc3)cc(C3CCC(Cc4ccc(-c5ccccc5)cc4)CC3)nc12. The van der Waals surface area contributed by atoms with Crippen molar-refractivity contribution in [1.82, 2.24) is 19.6 Å². The van der Waals surface area contributed by atoms with Gasteiger partial charge in [0.25, 0.3) is 0 Å². The minimum absolute atomic E-state index is 0.495. The molecule has 184 valence electrons. The number of anilines is 1. The molecule has 1 N–H and O–H groups in total. The molecule has 5 nitrogen and oxygen atoms in total. The van der Waals surface area contributed by atoms with Gasteiger partial charge in [0.05, 0.1) is 0 Å². The fraction of sp³-hybridized carbons (Fsp3) is 0.258. The van der Waals surface area contributed by atoms with Gasteiger partial charge >= 0.3 is 0 Å². The van der Waals surface area contributed by atoms with Gasteiger partial charge in [-0.05, 0) is 71.8 Å². The summed E-state index contributed by atoms with van der Waals surface area (Å²) < 4.78 is 1.93. The lowest BCUT2D eigenvalue weighted by atomic mass is 9.78. The van der Waals surface area contributed by atoms with Crippen molar-refractivity contribution in [3.8, 4) is 11.1 Å². The zero-order chi connectivity index (χ0) is 25.0. The lowest BCUT2D eigenvalue weighted by Crippen LogP contribution is -2.18. The maximum absolute atomic E-state index is 5.07. The Hall–Kier alpha value is -3.93. The Morgan fingerprint density at radius 3 is 2.38 bits per heavy atom. The van der Waals surface area contributed by atoms with E-state index in [1.54, 1.807) is 6.20 Å². The summed E-state index contributed by atoms with van der Waals surface area (Å²) in [6.45, 7) is 0.709. The summed E-state index contributed by atoms with van der Waals surface area (Å²) in [5.74, 6) is 2.23. The first kappa shape index (κ1) is 23.5. The van der Waals surface area contributed by atoms with Gasteiger partial charge < -0.3 is 5.32 Å². The number of nitrogens with zero attached hydrogens (tertiary/aromatic N) is 4. The van der Waals surface area contributed by atoms with Crippen LogP contribution in [0.15, 0.2) is 91.4 Å². The summed E-state index contributed by atoms with van der Waals surface area (Å²) in [6, 6.07) is 26.0. The third-order valence-corrected chi connectivity index (χ3v) is 7.71. The summed E-state index contributed by atoms with van der Waals surface area (Å²) in [7, 11) is 2.09. The predicted octanol–water partition coefficient (Wildman–Crippen LogP) is 5.18. The second kappa shape index (κ2) is 10.6. The Balaban J connectivity index is 1.12. The van der Waals surface area contributed by atoms with Crippen LogP contribution in [-0.2, 0) is 13.0 Å². The number of hydrogen-bond acceptors (Lipinski definition) is 4. The van der Waals surface area contributed by atoms with Crippen LogP contribution < -0.4 is 10.8 Å². The van der Waals surface area contributed by atoms with E-state index in [4.69, 9.17) is 4.98 Å². The number of fused-ring (bicyclic) bond motifs is 1. The molecule has 1 saturated carbocycles. The van der Waals surface area contributed by atoms with Gasteiger partial charge in [0.2, 0.25) is 0 Å². The fourth-order valence-corrected chi connectivity index (χ4v) is 5.58. The van der Waals surface area contributed by atoms with E-state index in [2.05, 4.69) is 90.0 Å². The zero-order valence-corrected chi connectivity index (χ0v) is 21.3. The van der Waals surface area contributed by atoms with Crippen molar-refractivity contribution < 1.29 is 0 Å². The van der Waals surface area contributed by atoms with E-state index in [0.717, 1.165) is 34.8 Å². The van der Waals surface area contributed by atoms with E-state index >= 15 is 0 Å². The highest BCUT2D eigenvalue weighted by Gasteiger charge is 2.25. The van der Waals surface area contributed by atoms with E-state index in [-0.39, 0.29) is 0 Å². The minimum atomic E-state index is 0.495. The average molecular weight is 485 g/mol. The number of hydrogen-bond donors (Lipinski definition) is 1. The minimum Gasteiger partial charge on any atom is -0.366 e. The molecule has 6 heteroatoms. The highest BCUT2D eigenvalue weighted by atomic mass is 15.3. The highest BCUT2D eigenvalue weighted by molar-refractivity contribution is 6.36. The molecule has 3 heterocycles. The Morgan fingerprint density at radius 1 is 0.838 bits per heavy atom. The number of benzene rings is 2. The number of nitrogens with one attached hydrogen (secondary N) is 1. The smallest absolute Gasteiger partial charge is 0.151 e. The molecule has 0 unspecified atom stereocenters. The first-order valence-corrected chi connectivity index (χ1v) is 13.4. The van der Waals surface area contributed by atoms with Crippen molar-refractivity contribution in [2.75, 3.05) is 5.32 Å². The normalized spacial score (nSPS) is 17.6. The molecule has 0 bridgehead atoms. The summed E-state index contributed by atoms with van der Waals surface area (Å²) in [4.78, 5) is 9.30. The lowest BCUT2D eigenvalue weighted by molar-refractivity contribution is 0.321. The van der Waals surface area contributed by atoms with E-state index < -0.39 is 0 Å². The third kappa shape index (κ3) is 5.29. The first-order chi connectivity index (χ1) is 18.2. The molecule has 1 aliphatic rings. The summed E-state index contributed by atoms with van der Waals surface area (Å²) >= 11 is 0. The van der Waals surface area contributed by atoms with Crippen LogP contribution in [0.3, 0.4) is 0 Å². The lowest BCUT2D eigenvalue weighted by Gasteiger charge is -2.28. The molecule has 37 heavy (non-hydrogen) atoms. The molecule has 5 aromatic rings. The van der Waals surface area contributed by atoms with Crippen molar-refractivity contribution in [2.24, 2.45) is 5.92 Å². The topological polar surface area (TPSA) is 55.1 Å². The van der Waals surface area contributed by atoms with Crippen LogP contribution in [0.25, 0.3) is 16.8 Å². The number of pyridine rings is 1. The first-order valence-electron chi connectivity index (χ1n) is 13.4. The van der Waals surface area contributed by atoms with E-state index in [0.29, 0.717) is 12.5 Å². The maximum Gasteiger partial charge on any atom is 0.151 e. The largest absolute Gasteiger partial charge is 0.366 e. The molecular formula is C31H32BN5. The van der Waals surface area contributed by atoms with Gasteiger partial charge in [-0.25, -0.2) is 4.98 Å². The second-order valence-electron chi connectivity index (χ2n) is 10.3. The molecule has 2 aromatic carbocycles. The molecule has 1 fully saturated rings. The van der Waals surface area contributed by atoms with E-state index in [1.807, 2.05) is 23.0 Å². The highest BCUT2D eigenvalue weighted by Crippen LogP contribution is 2.37. The Kier molecular flexibility index (Phi) is 6.72. The van der Waals surface area contributed by atoms with Gasteiger partial charge in [0.15, 0.2) is 5.65 Å². The van der Waals surface area contributed by atoms with Crippen LogP contribution in [0.5, 0.6) is 0 Å². The summed E-state index contributed by atoms with van der Waals surface area (Å²) in [6.07, 6.45) is 11.6. The molecule has 0 spiro atoms. The van der Waals surface area contributed by atoms with Crippen molar-refractivity contribution in [2.45, 2.75) is 44.6 Å². The van der Waals surface area contributed by atoms with E-state index in [9.17, 15) is 0 Å². The third-order valence-electron chi connectivity index (χ3n) is 7.71. The van der Waals surface area contributed by atoms with Crippen LogP contribution >= 0.6 is 0 Å². The second-order valence-corrected chi connectivity index (χ2v) is 10.3. The zero-order valence-electron chi connectivity index (χ0n) is 21.3. The molecule has 3 aromatic heterocycles. The molecular weight excluding hydrogens is 453 g/mol. The van der Waals surface area contributed by atoms with Crippen LogP contribution in [-0.4, -0.2) is 27.4 Å². The molecule has 0 radical (unpaired) electrons. The van der Waals surface area contributed by atoms with Crippen molar-refractivity contribution in [1.29, 1.82) is 0 Å². The van der Waals surface area contributed by atoms with Crippen LogP contribution in [0.1, 0.15) is 48.4 Å². The standard InChI is InChI=1S/C31H32BN5/c32-28-21-35-37-30(34-20-24-5-4-16-33-19-24)18-29(36-31(28)37)27-14-10-23(11-15-27)17-22-8-12-26(13-9-22)25-6-2-1-3-7-25/h1-9,12-13,16,18-19,21,23,27,34H,10-11,14-15,17,20,32H2. The van der Waals surface area contributed by atoms with Crippen molar-refractivity contribution in [3.05, 3.63) is 108 Å². The Morgan fingerprint density at radius 2 is 1.62 bits per heavy atom. The molecule has 1 aliphatic carbocycles. The summed E-state index contributed by atoms with van der Waals surface area (Å²) in [5.41, 5.74) is 8.41. The molecule has 6 rings (SSSR count).